The lowest BCUT2D eigenvalue weighted by Gasteiger charge is -2.25. The number of hydrogen-bond acceptors (Lipinski definition) is 4. The molecular formula is C21H22N3O3S+. The topological polar surface area (TPSA) is 83.9 Å². The summed E-state index contributed by atoms with van der Waals surface area (Å²) in [5.41, 5.74) is 2.75. The van der Waals surface area contributed by atoms with Gasteiger partial charge in [-0.1, -0.05) is 36.4 Å². The number of ether oxygens (including phenoxy) is 1. The summed E-state index contributed by atoms with van der Waals surface area (Å²) in [7, 11) is 0. The van der Waals surface area contributed by atoms with Crippen molar-refractivity contribution in [1.82, 2.24) is 9.55 Å². The van der Waals surface area contributed by atoms with Crippen molar-refractivity contribution < 1.29 is 15.2 Å². The van der Waals surface area contributed by atoms with Crippen LogP contribution in [0, 0.1) is 4.77 Å². The zero-order valence-electron chi connectivity index (χ0n) is 15.5. The van der Waals surface area contributed by atoms with E-state index in [1.165, 1.54) is 10.1 Å². The van der Waals surface area contributed by atoms with E-state index < -0.39 is 0 Å². The van der Waals surface area contributed by atoms with Crippen molar-refractivity contribution in [1.29, 1.82) is 0 Å². The van der Waals surface area contributed by atoms with Gasteiger partial charge in [0, 0.05) is 12.0 Å². The van der Waals surface area contributed by atoms with Crippen molar-refractivity contribution in [3.8, 4) is 17.3 Å². The number of hydrogen-bond donors (Lipinski definition) is 3. The number of aromatic amines is 1. The van der Waals surface area contributed by atoms with E-state index in [2.05, 4.69) is 16.4 Å². The number of nitrogens with one attached hydrogen (secondary N) is 1. The number of nitrogens with zero attached hydrogens (tertiary/aromatic N) is 1. The molecule has 0 unspecified atom stereocenters. The second kappa shape index (κ2) is 7.61. The van der Waals surface area contributed by atoms with Crippen molar-refractivity contribution in [3.05, 3.63) is 80.3 Å². The fourth-order valence-corrected chi connectivity index (χ4v) is 4.11. The van der Waals surface area contributed by atoms with Gasteiger partial charge in [0.2, 0.25) is 5.88 Å². The van der Waals surface area contributed by atoms with Crippen molar-refractivity contribution >= 4 is 12.2 Å². The standard InChI is InChI=1S/C21H21N3O3S/c1-2-27-16-10-6-5-9-15(16)24-20(26)17(19(25)23-21(24)28)18-14-8-4-3-7-13(14)11-12-22-18/h3-10,18,22,26H,2,11-12H2,1H3,(H,23,25,28)/p+1/t18-/m0/s1. The fraction of sp³-hybridized carbons (Fsp3) is 0.238. The van der Waals surface area contributed by atoms with Crippen LogP contribution in [0.4, 0.5) is 0 Å². The Labute approximate surface area is 167 Å². The van der Waals surface area contributed by atoms with Crippen molar-refractivity contribution in [3.63, 3.8) is 0 Å². The van der Waals surface area contributed by atoms with E-state index in [0.29, 0.717) is 23.6 Å². The number of aromatic hydroxyl groups is 1. The summed E-state index contributed by atoms with van der Waals surface area (Å²) in [6.07, 6.45) is 0.928. The molecule has 2 aromatic carbocycles. The van der Waals surface area contributed by atoms with E-state index in [4.69, 9.17) is 17.0 Å². The van der Waals surface area contributed by atoms with Gasteiger partial charge < -0.3 is 15.2 Å². The first-order valence-electron chi connectivity index (χ1n) is 9.33. The molecule has 4 N–H and O–H groups in total. The summed E-state index contributed by atoms with van der Waals surface area (Å²) in [4.78, 5) is 15.5. The zero-order chi connectivity index (χ0) is 19.7. The number of quaternary nitrogens is 1. The van der Waals surface area contributed by atoms with Crippen molar-refractivity contribution in [2.75, 3.05) is 13.2 Å². The third-order valence-electron chi connectivity index (χ3n) is 5.04. The molecule has 0 amide bonds. The molecular weight excluding hydrogens is 374 g/mol. The third-order valence-corrected chi connectivity index (χ3v) is 5.33. The van der Waals surface area contributed by atoms with Crippen LogP contribution in [-0.4, -0.2) is 27.8 Å². The second-order valence-corrected chi connectivity index (χ2v) is 7.07. The second-order valence-electron chi connectivity index (χ2n) is 6.68. The van der Waals surface area contributed by atoms with E-state index in [9.17, 15) is 9.90 Å². The van der Waals surface area contributed by atoms with Gasteiger partial charge in [0.1, 0.15) is 17.4 Å². The molecule has 6 nitrogen and oxygen atoms in total. The van der Waals surface area contributed by atoms with Crippen LogP contribution in [0.1, 0.15) is 29.7 Å². The summed E-state index contributed by atoms with van der Waals surface area (Å²) in [6, 6.07) is 15.0. The van der Waals surface area contributed by atoms with Crippen LogP contribution < -0.4 is 15.6 Å². The molecule has 0 aliphatic carbocycles. The molecule has 2 heterocycles. The summed E-state index contributed by atoms with van der Waals surface area (Å²) in [5, 5.41) is 13.3. The average molecular weight is 396 g/mol. The number of para-hydroxylation sites is 2. The molecule has 7 heteroatoms. The normalized spacial score (nSPS) is 15.8. The predicted molar refractivity (Wildman–Crippen MR) is 109 cm³/mol. The average Bonchev–Trinajstić information content (AvgIpc) is 2.69. The maximum absolute atomic E-state index is 12.8. The first kappa shape index (κ1) is 18.5. The molecule has 144 valence electrons. The largest absolute Gasteiger partial charge is 0.494 e. The quantitative estimate of drug-likeness (QED) is 0.591. The summed E-state index contributed by atoms with van der Waals surface area (Å²) < 4.78 is 7.30. The fourth-order valence-electron chi connectivity index (χ4n) is 3.83. The Bertz CT molecular complexity index is 1140. The highest BCUT2D eigenvalue weighted by Gasteiger charge is 2.31. The van der Waals surface area contributed by atoms with Crippen LogP contribution in [-0.2, 0) is 6.42 Å². The minimum absolute atomic E-state index is 0.127. The number of nitrogens with two attached hydrogens (primary N) is 1. The van der Waals surface area contributed by atoms with Gasteiger partial charge in [0.15, 0.2) is 4.77 Å². The van der Waals surface area contributed by atoms with Crippen LogP contribution in [0.5, 0.6) is 11.6 Å². The van der Waals surface area contributed by atoms with Gasteiger partial charge in [-0.25, -0.2) is 0 Å². The molecule has 28 heavy (non-hydrogen) atoms. The minimum Gasteiger partial charge on any atom is -0.494 e. The molecule has 0 saturated heterocycles. The van der Waals surface area contributed by atoms with Crippen molar-refractivity contribution in [2.24, 2.45) is 0 Å². The van der Waals surface area contributed by atoms with Crippen molar-refractivity contribution in [2.45, 2.75) is 19.4 Å². The molecule has 1 aliphatic heterocycles. The summed E-state index contributed by atoms with van der Waals surface area (Å²) in [5.74, 6) is 0.432. The van der Waals surface area contributed by atoms with Gasteiger partial charge in [-0.2, -0.15) is 0 Å². The summed E-state index contributed by atoms with van der Waals surface area (Å²) in [6.45, 7) is 3.21. The third kappa shape index (κ3) is 3.12. The van der Waals surface area contributed by atoms with Gasteiger partial charge in [0.25, 0.3) is 5.56 Å². The highest BCUT2D eigenvalue weighted by molar-refractivity contribution is 7.71. The van der Waals surface area contributed by atoms with E-state index >= 15 is 0 Å². The lowest BCUT2D eigenvalue weighted by atomic mass is 9.90. The highest BCUT2D eigenvalue weighted by atomic mass is 32.1. The zero-order valence-corrected chi connectivity index (χ0v) is 16.3. The van der Waals surface area contributed by atoms with Crippen LogP contribution >= 0.6 is 12.2 Å². The van der Waals surface area contributed by atoms with Crippen LogP contribution in [0.15, 0.2) is 53.3 Å². The minimum atomic E-state index is -0.370. The first-order valence-corrected chi connectivity index (χ1v) is 9.74. The Morgan fingerprint density at radius 3 is 2.82 bits per heavy atom. The lowest BCUT2D eigenvalue weighted by Crippen LogP contribution is -2.87. The Balaban J connectivity index is 1.95. The van der Waals surface area contributed by atoms with Gasteiger partial charge >= 0.3 is 0 Å². The maximum Gasteiger partial charge on any atom is 0.265 e. The van der Waals surface area contributed by atoms with Crippen LogP contribution in [0.25, 0.3) is 5.69 Å². The number of benzene rings is 2. The van der Waals surface area contributed by atoms with Crippen LogP contribution in [0.2, 0.25) is 0 Å². The molecule has 1 aromatic heterocycles. The highest BCUT2D eigenvalue weighted by Crippen LogP contribution is 2.32. The van der Waals surface area contributed by atoms with E-state index in [-0.39, 0.29) is 22.3 Å². The molecule has 0 spiro atoms. The molecule has 1 aliphatic rings. The summed E-state index contributed by atoms with van der Waals surface area (Å²) >= 11 is 5.37. The van der Waals surface area contributed by atoms with Gasteiger partial charge in [-0.05, 0) is 36.8 Å². The SMILES string of the molecule is CCOc1ccccc1-n1c(O)c([C@H]2[NH2+]CCc3ccccc32)c(=O)[nH]c1=S. The molecule has 4 rings (SSSR count). The Hall–Kier alpha value is -2.90. The lowest BCUT2D eigenvalue weighted by molar-refractivity contribution is -0.690. The van der Waals surface area contributed by atoms with Crippen LogP contribution in [0.3, 0.4) is 0 Å². The van der Waals surface area contributed by atoms with E-state index in [1.807, 2.05) is 43.3 Å². The van der Waals surface area contributed by atoms with Gasteiger partial charge in [0.05, 0.1) is 18.8 Å². The molecule has 3 aromatic rings. The molecule has 0 fully saturated rings. The Morgan fingerprint density at radius 1 is 1.25 bits per heavy atom. The Morgan fingerprint density at radius 2 is 2.00 bits per heavy atom. The first-order chi connectivity index (χ1) is 13.6. The monoisotopic (exact) mass is 396 g/mol. The molecule has 0 saturated carbocycles. The number of rotatable bonds is 4. The molecule has 0 bridgehead atoms. The van der Waals surface area contributed by atoms with E-state index in [0.717, 1.165) is 18.5 Å². The maximum atomic E-state index is 12.8. The number of fused-ring (bicyclic) bond motifs is 1. The smallest absolute Gasteiger partial charge is 0.265 e. The number of aromatic nitrogens is 2. The van der Waals surface area contributed by atoms with E-state index in [1.54, 1.807) is 6.07 Å². The van der Waals surface area contributed by atoms with Gasteiger partial charge in [-0.15, -0.1) is 0 Å². The predicted octanol–water partition coefficient (Wildman–Crippen LogP) is 2.21. The molecule has 0 radical (unpaired) electrons. The Kier molecular flexibility index (Phi) is 5.02. The molecule has 1 atom stereocenters. The van der Waals surface area contributed by atoms with Gasteiger partial charge in [-0.3, -0.25) is 14.3 Å². The number of H-pyrrole nitrogens is 1.